The molecule has 0 radical (unpaired) electrons. The van der Waals surface area contributed by atoms with E-state index in [0.717, 1.165) is 15.2 Å². The number of rotatable bonds is 8. The summed E-state index contributed by atoms with van der Waals surface area (Å²) in [5.74, 6) is 0.270. The van der Waals surface area contributed by atoms with E-state index in [0.29, 0.717) is 17.1 Å². The highest BCUT2D eigenvalue weighted by molar-refractivity contribution is 9.10. The number of halogens is 1. The normalized spacial score (nSPS) is 11.3. The maximum atomic E-state index is 12.2. The van der Waals surface area contributed by atoms with Crippen molar-refractivity contribution in [1.29, 1.82) is 0 Å². The van der Waals surface area contributed by atoms with Crippen molar-refractivity contribution in [2.45, 2.75) is 11.3 Å². The number of amides is 1. The number of nitrogens with one attached hydrogen (secondary N) is 1. The number of fused-ring (bicyclic) bond motifs is 1. The average molecular weight is 462 g/mol. The van der Waals surface area contributed by atoms with E-state index in [1.807, 2.05) is 36.4 Å². The molecule has 0 atom stereocenters. The molecule has 7 heteroatoms. The van der Waals surface area contributed by atoms with E-state index in [1.54, 1.807) is 30.3 Å². The summed E-state index contributed by atoms with van der Waals surface area (Å²) in [6.07, 6.45) is 0.336. The van der Waals surface area contributed by atoms with Crippen LogP contribution < -0.4 is 10.1 Å². The smallest absolute Gasteiger partial charge is 0.257 e. The van der Waals surface area contributed by atoms with E-state index in [4.69, 9.17) is 4.74 Å². The van der Waals surface area contributed by atoms with Crippen LogP contribution in [0.2, 0.25) is 0 Å². The Hall–Kier alpha value is -2.38. The molecule has 146 valence electrons. The number of sulfone groups is 1. The topological polar surface area (TPSA) is 72.5 Å². The van der Waals surface area contributed by atoms with Gasteiger partial charge in [-0.05, 0) is 51.3 Å². The first-order chi connectivity index (χ1) is 13.5. The van der Waals surface area contributed by atoms with Crippen LogP contribution in [0.1, 0.15) is 6.42 Å². The van der Waals surface area contributed by atoms with Crippen molar-refractivity contribution >= 4 is 42.4 Å². The number of carbonyl (C=O) groups is 1. The summed E-state index contributed by atoms with van der Waals surface area (Å²) >= 11 is 3.52. The SMILES string of the molecule is O=C(COc1ccc2ccccc2c1Br)NCCCS(=O)(=O)c1ccccc1. The zero-order chi connectivity index (χ0) is 20.0. The van der Waals surface area contributed by atoms with Gasteiger partial charge >= 0.3 is 0 Å². The lowest BCUT2D eigenvalue weighted by Gasteiger charge is -2.11. The lowest BCUT2D eigenvalue weighted by atomic mass is 10.1. The number of ether oxygens (including phenoxy) is 1. The molecule has 28 heavy (non-hydrogen) atoms. The highest BCUT2D eigenvalue weighted by Gasteiger charge is 2.13. The molecule has 3 aromatic rings. The number of benzene rings is 3. The van der Waals surface area contributed by atoms with E-state index >= 15 is 0 Å². The number of hydrogen-bond acceptors (Lipinski definition) is 4. The van der Waals surface area contributed by atoms with Crippen LogP contribution >= 0.6 is 15.9 Å². The van der Waals surface area contributed by atoms with E-state index in [-0.39, 0.29) is 24.8 Å². The maximum absolute atomic E-state index is 12.2. The Labute approximate surface area is 172 Å². The molecule has 3 aromatic carbocycles. The van der Waals surface area contributed by atoms with Crippen molar-refractivity contribution in [3.63, 3.8) is 0 Å². The fraction of sp³-hybridized carbons (Fsp3) is 0.190. The fourth-order valence-electron chi connectivity index (χ4n) is 2.76. The standard InChI is InChI=1S/C21H20BrNO4S/c22-21-18-10-5-4-7-16(18)11-12-19(21)27-15-20(24)23-13-6-14-28(25,26)17-8-2-1-3-9-17/h1-5,7-12H,6,13-15H2,(H,23,24). The molecule has 0 aromatic heterocycles. The van der Waals surface area contributed by atoms with E-state index in [1.165, 1.54) is 0 Å². The van der Waals surface area contributed by atoms with Crippen molar-refractivity contribution in [2.24, 2.45) is 0 Å². The maximum Gasteiger partial charge on any atom is 0.257 e. The van der Waals surface area contributed by atoms with Crippen molar-refractivity contribution in [2.75, 3.05) is 18.9 Å². The van der Waals surface area contributed by atoms with Gasteiger partial charge in [-0.2, -0.15) is 0 Å². The van der Waals surface area contributed by atoms with E-state index in [9.17, 15) is 13.2 Å². The van der Waals surface area contributed by atoms with Gasteiger partial charge < -0.3 is 10.1 Å². The van der Waals surface area contributed by atoms with Crippen LogP contribution in [0.4, 0.5) is 0 Å². The zero-order valence-corrected chi connectivity index (χ0v) is 17.5. The minimum Gasteiger partial charge on any atom is -0.483 e. The Balaban J connectivity index is 1.46. The quantitative estimate of drug-likeness (QED) is 0.515. The van der Waals surface area contributed by atoms with Gasteiger partial charge in [0.05, 0.1) is 15.1 Å². The third-order valence-corrected chi connectivity index (χ3v) is 6.84. The minimum absolute atomic E-state index is 0.0195. The first-order valence-corrected chi connectivity index (χ1v) is 11.3. The van der Waals surface area contributed by atoms with Crippen molar-refractivity contribution < 1.29 is 17.9 Å². The lowest BCUT2D eigenvalue weighted by molar-refractivity contribution is -0.123. The van der Waals surface area contributed by atoms with Gasteiger partial charge in [-0.1, -0.05) is 48.5 Å². The van der Waals surface area contributed by atoms with Crippen molar-refractivity contribution in [3.8, 4) is 5.75 Å². The van der Waals surface area contributed by atoms with Gasteiger partial charge in [0.25, 0.3) is 5.91 Å². The Morgan fingerprint density at radius 3 is 2.46 bits per heavy atom. The van der Waals surface area contributed by atoms with Gasteiger partial charge in [-0.25, -0.2) is 8.42 Å². The predicted molar refractivity (Wildman–Crippen MR) is 113 cm³/mol. The molecular formula is C21H20BrNO4S. The Morgan fingerprint density at radius 2 is 1.68 bits per heavy atom. The lowest BCUT2D eigenvalue weighted by Crippen LogP contribution is -2.30. The van der Waals surface area contributed by atoms with Crippen LogP contribution in [0.25, 0.3) is 10.8 Å². The summed E-state index contributed by atoms with van der Waals surface area (Å²) in [7, 11) is -3.33. The average Bonchev–Trinajstić information content (AvgIpc) is 2.71. The van der Waals surface area contributed by atoms with E-state index in [2.05, 4.69) is 21.2 Å². The Bertz CT molecular complexity index is 1070. The predicted octanol–water partition coefficient (Wildman–Crippen LogP) is 3.96. The van der Waals surface area contributed by atoms with E-state index < -0.39 is 9.84 Å². The minimum atomic E-state index is -3.33. The molecule has 0 aliphatic rings. The number of hydrogen-bond donors (Lipinski definition) is 1. The molecule has 0 bridgehead atoms. The fourth-order valence-corrected chi connectivity index (χ4v) is 4.69. The second-order valence-electron chi connectivity index (χ2n) is 6.22. The highest BCUT2D eigenvalue weighted by Crippen LogP contribution is 2.32. The molecule has 1 amide bonds. The van der Waals surface area contributed by atoms with Gasteiger partial charge in [0.1, 0.15) is 5.75 Å². The first kappa shape index (κ1) is 20.4. The molecule has 1 N–H and O–H groups in total. The van der Waals surface area contributed by atoms with Crippen LogP contribution in [-0.2, 0) is 14.6 Å². The van der Waals surface area contributed by atoms with Gasteiger partial charge in [-0.15, -0.1) is 0 Å². The third kappa shape index (κ3) is 5.11. The summed E-state index contributed by atoms with van der Waals surface area (Å²) in [5.41, 5.74) is 0. The summed E-state index contributed by atoms with van der Waals surface area (Å²) in [6, 6.07) is 19.9. The zero-order valence-electron chi connectivity index (χ0n) is 15.1. The molecule has 3 rings (SSSR count). The Morgan fingerprint density at radius 1 is 0.964 bits per heavy atom. The van der Waals surface area contributed by atoms with Crippen LogP contribution in [-0.4, -0.2) is 33.2 Å². The molecule has 5 nitrogen and oxygen atoms in total. The monoisotopic (exact) mass is 461 g/mol. The van der Waals surface area contributed by atoms with Crippen molar-refractivity contribution in [1.82, 2.24) is 5.32 Å². The van der Waals surface area contributed by atoms with Gasteiger partial charge in [0.2, 0.25) is 0 Å². The Kier molecular flexibility index (Phi) is 6.70. The summed E-state index contributed by atoms with van der Waals surface area (Å²) in [4.78, 5) is 12.3. The van der Waals surface area contributed by atoms with Crippen LogP contribution in [0, 0.1) is 0 Å². The van der Waals surface area contributed by atoms with Crippen LogP contribution in [0.5, 0.6) is 5.75 Å². The molecule has 0 saturated carbocycles. The summed E-state index contributed by atoms with van der Waals surface area (Å²) in [5, 5.41) is 4.77. The molecule has 0 saturated heterocycles. The second-order valence-corrected chi connectivity index (χ2v) is 9.13. The third-order valence-electron chi connectivity index (χ3n) is 4.20. The van der Waals surface area contributed by atoms with Crippen molar-refractivity contribution in [3.05, 3.63) is 71.2 Å². The molecule has 0 aliphatic carbocycles. The van der Waals surface area contributed by atoms with Gasteiger partial charge in [0, 0.05) is 6.54 Å². The molecule has 0 spiro atoms. The largest absolute Gasteiger partial charge is 0.483 e. The van der Waals surface area contributed by atoms with Gasteiger partial charge in [-0.3, -0.25) is 4.79 Å². The van der Waals surface area contributed by atoms with Crippen LogP contribution in [0.15, 0.2) is 76.1 Å². The second kappa shape index (κ2) is 9.21. The summed E-state index contributed by atoms with van der Waals surface area (Å²) < 4.78 is 30.8. The molecule has 0 aliphatic heterocycles. The highest BCUT2D eigenvalue weighted by atomic mass is 79.9. The van der Waals surface area contributed by atoms with Crippen LogP contribution in [0.3, 0.4) is 0 Å². The first-order valence-electron chi connectivity index (χ1n) is 8.82. The summed E-state index contributed by atoms with van der Waals surface area (Å²) in [6.45, 7) is 0.134. The molecule has 0 fully saturated rings. The molecular weight excluding hydrogens is 442 g/mol. The molecule has 0 unspecified atom stereocenters. The number of carbonyl (C=O) groups excluding carboxylic acids is 1. The van der Waals surface area contributed by atoms with Gasteiger partial charge in [0.15, 0.2) is 16.4 Å². The molecule has 0 heterocycles.